The molecule has 2 aromatic rings. The van der Waals surface area contributed by atoms with Crippen molar-refractivity contribution in [2.75, 3.05) is 13.7 Å². The third-order valence-electron chi connectivity index (χ3n) is 4.37. The third kappa shape index (κ3) is 6.68. The van der Waals surface area contributed by atoms with E-state index < -0.39 is 17.9 Å². The number of ether oxygens (including phenoxy) is 2. The van der Waals surface area contributed by atoms with Crippen LogP contribution in [-0.4, -0.2) is 36.7 Å². The lowest BCUT2D eigenvalue weighted by atomic mass is 10.1. The van der Waals surface area contributed by atoms with Crippen LogP contribution in [0.25, 0.3) is 0 Å². The number of carbonyl (C=O) groups is 2. The molecular weight excluding hydrogens is 394 g/mol. The van der Waals surface area contributed by atoms with Gasteiger partial charge in [-0.3, -0.25) is 4.79 Å². The highest BCUT2D eigenvalue weighted by Crippen LogP contribution is 2.32. The SMILES string of the molecule is CCCCCOc1cc(O)c(C(=O)N[C@@H](Cc2ccccc2)C(=O)OC)cc1Cl. The monoisotopic (exact) mass is 419 g/mol. The number of benzene rings is 2. The molecule has 1 atom stereocenters. The van der Waals surface area contributed by atoms with Gasteiger partial charge in [-0.25, -0.2) is 4.79 Å². The number of halogens is 1. The van der Waals surface area contributed by atoms with Crippen LogP contribution in [0.4, 0.5) is 0 Å². The number of phenolic OH excluding ortho intramolecular Hbond substituents is 1. The van der Waals surface area contributed by atoms with Gasteiger partial charge in [-0.05, 0) is 18.1 Å². The number of amides is 1. The van der Waals surface area contributed by atoms with Gasteiger partial charge in [0.05, 0.1) is 24.3 Å². The second-order valence-corrected chi connectivity index (χ2v) is 7.00. The van der Waals surface area contributed by atoms with Gasteiger partial charge in [0.2, 0.25) is 0 Å². The molecule has 6 nitrogen and oxygen atoms in total. The molecule has 0 aliphatic heterocycles. The van der Waals surface area contributed by atoms with Crippen LogP contribution in [-0.2, 0) is 16.0 Å². The Kier molecular flexibility index (Phi) is 8.80. The molecule has 0 unspecified atom stereocenters. The molecule has 0 bridgehead atoms. The molecule has 0 saturated carbocycles. The largest absolute Gasteiger partial charge is 0.507 e. The number of hydrogen-bond donors (Lipinski definition) is 2. The van der Waals surface area contributed by atoms with Crippen molar-refractivity contribution in [3.8, 4) is 11.5 Å². The van der Waals surface area contributed by atoms with Gasteiger partial charge < -0.3 is 19.9 Å². The fraction of sp³-hybridized carbons (Fsp3) is 0.364. The zero-order valence-corrected chi connectivity index (χ0v) is 17.4. The average molecular weight is 420 g/mol. The maximum Gasteiger partial charge on any atom is 0.328 e. The smallest absolute Gasteiger partial charge is 0.328 e. The zero-order chi connectivity index (χ0) is 21.2. The second kappa shape index (κ2) is 11.3. The van der Waals surface area contributed by atoms with Crippen LogP contribution in [0, 0.1) is 0 Å². The highest BCUT2D eigenvalue weighted by Gasteiger charge is 2.24. The minimum Gasteiger partial charge on any atom is -0.507 e. The van der Waals surface area contributed by atoms with Crippen molar-refractivity contribution >= 4 is 23.5 Å². The van der Waals surface area contributed by atoms with E-state index in [1.165, 1.54) is 19.2 Å². The van der Waals surface area contributed by atoms with Gasteiger partial charge >= 0.3 is 5.97 Å². The third-order valence-corrected chi connectivity index (χ3v) is 4.67. The maximum absolute atomic E-state index is 12.7. The molecule has 2 rings (SSSR count). The first-order valence-corrected chi connectivity index (χ1v) is 9.92. The summed E-state index contributed by atoms with van der Waals surface area (Å²) in [6.07, 6.45) is 3.22. The lowest BCUT2D eigenvalue weighted by Crippen LogP contribution is -2.43. The molecule has 0 aliphatic rings. The van der Waals surface area contributed by atoms with E-state index in [0.29, 0.717) is 12.4 Å². The van der Waals surface area contributed by atoms with Crippen molar-refractivity contribution in [3.63, 3.8) is 0 Å². The van der Waals surface area contributed by atoms with Crippen LogP contribution < -0.4 is 10.1 Å². The van der Waals surface area contributed by atoms with Gasteiger partial charge in [0.25, 0.3) is 5.91 Å². The summed E-state index contributed by atoms with van der Waals surface area (Å²) in [5.41, 5.74) is 0.819. The Hall–Kier alpha value is -2.73. The molecule has 2 N–H and O–H groups in total. The van der Waals surface area contributed by atoms with Crippen molar-refractivity contribution in [1.29, 1.82) is 0 Å². The van der Waals surface area contributed by atoms with Gasteiger partial charge in [-0.2, -0.15) is 0 Å². The molecule has 0 fully saturated rings. The molecule has 0 heterocycles. The predicted octanol–water partition coefficient (Wildman–Crippen LogP) is 4.13. The minimum absolute atomic E-state index is 0.0436. The predicted molar refractivity (Wildman–Crippen MR) is 112 cm³/mol. The molecule has 29 heavy (non-hydrogen) atoms. The number of aromatic hydroxyl groups is 1. The molecule has 1 amide bonds. The summed E-state index contributed by atoms with van der Waals surface area (Å²) in [5, 5.41) is 13.1. The number of phenols is 1. The zero-order valence-electron chi connectivity index (χ0n) is 16.6. The summed E-state index contributed by atoms with van der Waals surface area (Å²) in [4.78, 5) is 24.8. The molecular formula is C22H26ClNO5. The Balaban J connectivity index is 2.12. The molecule has 7 heteroatoms. The quantitative estimate of drug-likeness (QED) is 0.446. The molecule has 0 aromatic heterocycles. The number of hydrogen-bond acceptors (Lipinski definition) is 5. The first kappa shape index (κ1) is 22.6. The summed E-state index contributed by atoms with van der Waals surface area (Å²) in [6.45, 7) is 2.56. The molecule has 2 aromatic carbocycles. The van der Waals surface area contributed by atoms with Gasteiger partial charge in [0.1, 0.15) is 17.5 Å². The highest BCUT2D eigenvalue weighted by molar-refractivity contribution is 6.32. The van der Waals surface area contributed by atoms with Crippen LogP contribution in [0.2, 0.25) is 5.02 Å². The van der Waals surface area contributed by atoms with Crippen LogP contribution >= 0.6 is 11.6 Å². The fourth-order valence-electron chi connectivity index (χ4n) is 2.79. The van der Waals surface area contributed by atoms with Gasteiger partial charge in [-0.15, -0.1) is 0 Å². The van der Waals surface area contributed by atoms with Crippen molar-refractivity contribution in [1.82, 2.24) is 5.32 Å². The summed E-state index contributed by atoms with van der Waals surface area (Å²) < 4.78 is 10.4. The summed E-state index contributed by atoms with van der Waals surface area (Å²) in [5.74, 6) is -1.18. The molecule has 0 spiro atoms. The number of esters is 1. The number of nitrogens with one attached hydrogen (secondary N) is 1. The van der Waals surface area contributed by atoms with Crippen molar-refractivity contribution in [2.45, 2.75) is 38.6 Å². The van der Waals surface area contributed by atoms with Crippen molar-refractivity contribution < 1.29 is 24.2 Å². The first-order valence-electron chi connectivity index (χ1n) is 9.54. The van der Waals surface area contributed by atoms with E-state index in [-0.39, 0.29) is 22.8 Å². The summed E-state index contributed by atoms with van der Waals surface area (Å²) >= 11 is 6.21. The van der Waals surface area contributed by atoms with Crippen LogP contribution in [0.1, 0.15) is 42.1 Å². The molecule has 0 radical (unpaired) electrons. The van der Waals surface area contributed by atoms with E-state index in [9.17, 15) is 14.7 Å². The lowest BCUT2D eigenvalue weighted by molar-refractivity contribution is -0.142. The van der Waals surface area contributed by atoms with Crippen LogP contribution in [0.3, 0.4) is 0 Å². The molecule has 0 aliphatic carbocycles. The van der Waals surface area contributed by atoms with Crippen LogP contribution in [0.5, 0.6) is 11.5 Å². The topological polar surface area (TPSA) is 84.9 Å². The lowest BCUT2D eigenvalue weighted by Gasteiger charge is -2.18. The van der Waals surface area contributed by atoms with E-state index in [4.69, 9.17) is 21.1 Å². The van der Waals surface area contributed by atoms with Crippen molar-refractivity contribution in [3.05, 3.63) is 58.6 Å². The van der Waals surface area contributed by atoms with E-state index in [1.54, 1.807) is 0 Å². The fourth-order valence-corrected chi connectivity index (χ4v) is 3.01. The van der Waals surface area contributed by atoms with Gasteiger partial charge in [0, 0.05) is 12.5 Å². The standard InChI is InChI=1S/C22H26ClNO5/c1-3-4-8-11-29-20-14-19(25)16(13-17(20)23)21(26)24-18(22(27)28-2)12-15-9-6-5-7-10-15/h5-7,9-10,13-14,18,25H,3-4,8,11-12H2,1-2H3,(H,24,26)/t18-/m0/s1. The second-order valence-electron chi connectivity index (χ2n) is 6.59. The Morgan fingerprint density at radius 1 is 1.17 bits per heavy atom. The van der Waals surface area contributed by atoms with E-state index in [2.05, 4.69) is 12.2 Å². The Labute approximate surface area is 175 Å². The van der Waals surface area contributed by atoms with E-state index >= 15 is 0 Å². The van der Waals surface area contributed by atoms with Crippen LogP contribution in [0.15, 0.2) is 42.5 Å². The maximum atomic E-state index is 12.7. The Morgan fingerprint density at radius 3 is 2.55 bits per heavy atom. The summed E-state index contributed by atoms with van der Waals surface area (Å²) in [6, 6.07) is 11.0. The molecule has 156 valence electrons. The van der Waals surface area contributed by atoms with E-state index in [0.717, 1.165) is 24.8 Å². The number of carbonyl (C=O) groups excluding carboxylic acids is 2. The first-order chi connectivity index (χ1) is 14.0. The summed E-state index contributed by atoms with van der Waals surface area (Å²) in [7, 11) is 1.26. The Morgan fingerprint density at radius 2 is 1.90 bits per heavy atom. The highest BCUT2D eigenvalue weighted by atomic mass is 35.5. The van der Waals surface area contributed by atoms with Crippen molar-refractivity contribution in [2.24, 2.45) is 0 Å². The Bertz CT molecular complexity index is 825. The number of methoxy groups -OCH3 is 1. The van der Waals surface area contributed by atoms with Gasteiger partial charge in [-0.1, -0.05) is 61.7 Å². The average Bonchev–Trinajstić information content (AvgIpc) is 2.72. The molecule has 0 saturated heterocycles. The minimum atomic E-state index is -0.905. The normalized spacial score (nSPS) is 11.6. The van der Waals surface area contributed by atoms with Gasteiger partial charge in [0.15, 0.2) is 0 Å². The van der Waals surface area contributed by atoms with E-state index in [1.807, 2.05) is 30.3 Å². The number of unbranched alkanes of at least 4 members (excludes halogenated alkanes) is 2. The number of rotatable bonds is 10.